The molecule has 0 bridgehead atoms. The molecule has 200 valence electrons. The first-order valence-corrected chi connectivity index (χ1v) is 12.5. The Balaban J connectivity index is 1.57. The molecule has 0 saturated heterocycles. The molecule has 7 nitrogen and oxygen atoms in total. The molecular formula is C30H33FN2O5. The number of amides is 2. The van der Waals surface area contributed by atoms with Gasteiger partial charge in [-0.1, -0.05) is 86.6 Å². The highest BCUT2D eigenvalue weighted by Crippen LogP contribution is 2.16. The van der Waals surface area contributed by atoms with Gasteiger partial charge in [0, 0.05) is 0 Å². The first kappa shape index (κ1) is 28.4. The summed E-state index contributed by atoms with van der Waals surface area (Å²) in [5, 5.41) is 5.16. The van der Waals surface area contributed by atoms with Crippen LogP contribution in [0.2, 0.25) is 0 Å². The highest BCUT2D eigenvalue weighted by Gasteiger charge is 2.29. The largest absolute Gasteiger partial charge is 0.489 e. The van der Waals surface area contributed by atoms with Crippen LogP contribution in [0.25, 0.3) is 0 Å². The Kier molecular flexibility index (Phi) is 10.8. The molecule has 0 fully saturated rings. The first-order valence-electron chi connectivity index (χ1n) is 12.5. The van der Waals surface area contributed by atoms with E-state index in [-0.39, 0.29) is 18.9 Å². The molecule has 2 amide bonds. The van der Waals surface area contributed by atoms with Crippen LogP contribution in [-0.2, 0) is 34.0 Å². The molecule has 3 aromatic carbocycles. The maximum Gasteiger partial charge on any atom is 0.408 e. The van der Waals surface area contributed by atoms with Crippen LogP contribution in [0.5, 0.6) is 5.75 Å². The van der Waals surface area contributed by atoms with Gasteiger partial charge in [-0.2, -0.15) is 0 Å². The number of rotatable bonds is 13. The van der Waals surface area contributed by atoms with Crippen molar-refractivity contribution >= 4 is 17.8 Å². The monoisotopic (exact) mass is 520 g/mol. The molecule has 3 rings (SSSR count). The number of Topliss-reactive ketones (excluding diaryl/α,β-unsaturated/α-hetero) is 1. The van der Waals surface area contributed by atoms with Gasteiger partial charge < -0.3 is 20.1 Å². The molecule has 2 unspecified atom stereocenters. The lowest BCUT2D eigenvalue weighted by molar-refractivity contribution is -0.129. The number of carbonyl (C=O) groups is 3. The molecule has 0 aliphatic carbocycles. The predicted octanol–water partition coefficient (Wildman–Crippen LogP) is 4.78. The van der Waals surface area contributed by atoms with Gasteiger partial charge in [-0.15, -0.1) is 0 Å². The fourth-order valence-electron chi connectivity index (χ4n) is 3.73. The van der Waals surface area contributed by atoms with Crippen molar-refractivity contribution in [2.45, 2.75) is 45.6 Å². The number of alkyl halides is 1. The minimum absolute atomic E-state index is 0.0487. The van der Waals surface area contributed by atoms with Gasteiger partial charge in [0.15, 0.2) is 5.78 Å². The summed E-state index contributed by atoms with van der Waals surface area (Å²) in [6.07, 6.45) is -0.668. The molecular weight excluding hydrogens is 487 g/mol. The summed E-state index contributed by atoms with van der Waals surface area (Å²) >= 11 is 0. The van der Waals surface area contributed by atoms with Crippen LogP contribution >= 0.6 is 0 Å². The van der Waals surface area contributed by atoms with Crippen molar-refractivity contribution in [3.05, 3.63) is 102 Å². The Morgan fingerprint density at radius 1 is 0.763 bits per heavy atom. The third-order valence-electron chi connectivity index (χ3n) is 5.88. The van der Waals surface area contributed by atoms with E-state index in [4.69, 9.17) is 9.47 Å². The average molecular weight is 521 g/mol. The van der Waals surface area contributed by atoms with Crippen molar-refractivity contribution in [3.63, 3.8) is 0 Å². The van der Waals surface area contributed by atoms with Gasteiger partial charge in [-0.05, 0) is 41.2 Å². The summed E-state index contributed by atoms with van der Waals surface area (Å²) in [6.45, 7) is 2.75. The summed E-state index contributed by atoms with van der Waals surface area (Å²) in [7, 11) is 0. The van der Waals surface area contributed by atoms with Crippen molar-refractivity contribution < 1.29 is 28.2 Å². The minimum atomic E-state index is -1.22. The number of alkyl carbamates (subject to hydrolysis) is 1. The normalized spacial score (nSPS) is 12.3. The van der Waals surface area contributed by atoms with Crippen LogP contribution in [0.15, 0.2) is 84.9 Å². The molecule has 0 aliphatic rings. The van der Waals surface area contributed by atoms with Gasteiger partial charge in [-0.25, -0.2) is 9.18 Å². The zero-order chi connectivity index (χ0) is 27.3. The SMILES string of the molecule is CC(C)C(NC(=O)OCc1ccccc1)C(=O)NC(Cc1ccc(OCc2ccccc2)cc1)C(=O)CF. The second kappa shape index (κ2) is 14.5. The number of benzene rings is 3. The van der Waals surface area contributed by atoms with Crippen molar-refractivity contribution in [2.24, 2.45) is 5.92 Å². The molecule has 0 radical (unpaired) electrons. The Morgan fingerprint density at radius 3 is 1.89 bits per heavy atom. The molecule has 2 atom stereocenters. The van der Waals surface area contributed by atoms with Crippen molar-refractivity contribution in [2.75, 3.05) is 6.67 Å². The molecule has 0 saturated carbocycles. The highest BCUT2D eigenvalue weighted by atomic mass is 19.1. The standard InChI is InChI=1S/C30H33FN2O5/c1-21(2)28(33-30(36)38-20-24-11-7-4-8-12-24)29(35)32-26(27(34)18-31)17-22-13-15-25(16-14-22)37-19-23-9-5-3-6-10-23/h3-16,21,26,28H,17-20H2,1-2H3,(H,32,35)(H,33,36). The zero-order valence-electron chi connectivity index (χ0n) is 21.6. The third-order valence-corrected chi connectivity index (χ3v) is 5.88. The Morgan fingerprint density at radius 2 is 1.34 bits per heavy atom. The number of ether oxygens (including phenoxy) is 2. The lowest BCUT2D eigenvalue weighted by Gasteiger charge is -2.24. The number of hydrogen-bond donors (Lipinski definition) is 2. The number of nitrogens with one attached hydrogen (secondary N) is 2. The number of carbonyl (C=O) groups excluding carboxylic acids is 3. The van der Waals surface area contributed by atoms with E-state index < -0.39 is 36.5 Å². The molecule has 8 heteroatoms. The lowest BCUT2D eigenvalue weighted by Crippen LogP contribution is -2.54. The van der Waals surface area contributed by atoms with Crippen LogP contribution < -0.4 is 15.4 Å². The van der Waals surface area contributed by atoms with Gasteiger partial charge in [0.2, 0.25) is 5.91 Å². The number of ketones is 1. The van der Waals surface area contributed by atoms with Gasteiger partial charge in [0.25, 0.3) is 0 Å². The Hall–Kier alpha value is -4.20. The minimum Gasteiger partial charge on any atom is -0.489 e. The van der Waals surface area contributed by atoms with Crippen LogP contribution in [0.4, 0.5) is 9.18 Å². The Labute approximate surface area is 222 Å². The fraction of sp³-hybridized carbons (Fsp3) is 0.300. The van der Waals surface area contributed by atoms with E-state index in [9.17, 15) is 18.8 Å². The summed E-state index contributed by atoms with van der Waals surface area (Å²) in [4.78, 5) is 37.7. The molecule has 38 heavy (non-hydrogen) atoms. The highest BCUT2D eigenvalue weighted by molar-refractivity contribution is 5.93. The number of halogens is 1. The van der Waals surface area contributed by atoms with E-state index in [1.807, 2.05) is 60.7 Å². The molecule has 0 aliphatic heterocycles. The van der Waals surface area contributed by atoms with E-state index in [1.54, 1.807) is 38.1 Å². The molecule has 0 aromatic heterocycles. The second-order valence-electron chi connectivity index (χ2n) is 9.21. The molecule has 2 N–H and O–H groups in total. The lowest BCUT2D eigenvalue weighted by atomic mass is 9.99. The van der Waals surface area contributed by atoms with Gasteiger partial charge in [-0.3, -0.25) is 9.59 Å². The first-order chi connectivity index (χ1) is 18.4. The van der Waals surface area contributed by atoms with E-state index in [0.29, 0.717) is 12.4 Å². The topological polar surface area (TPSA) is 93.7 Å². The predicted molar refractivity (Wildman–Crippen MR) is 142 cm³/mol. The maximum absolute atomic E-state index is 13.3. The summed E-state index contributed by atoms with van der Waals surface area (Å²) in [5.74, 6) is -1.00. The van der Waals surface area contributed by atoms with Crippen LogP contribution in [0, 0.1) is 5.92 Å². The van der Waals surface area contributed by atoms with E-state index >= 15 is 0 Å². The van der Waals surface area contributed by atoms with Crippen molar-refractivity contribution in [3.8, 4) is 5.75 Å². The molecule has 3 aromatic rings. The van der Waals surface area contributed by atoms with Gasteiger partial charge >= 0.3 is 6.09 Å². The van der Waals surface area contributed by atoms with Gasteiger partial charge in [0.1, 0.15) is 31.7 Å². The van der Waals surface area contributed by atoms with Crippen LogP contribution in [0.1, 0.15) is 30.5 Å². The Bertz CT molecular complexity index is 1170. The van der Waals surface area contributed by atoms with E-state index in [1.165, 1.54) is 0 Å². The second-order valence-corrected chi connectivity index (χ2v) is 9.21. The van der Waals surface area contributed by atoms with Crippen LogP contribution in [0.3, 0.4) is 0 Å². The van der Waals surface area contributed by atoms with Crippen LogP contribution in [-0.4, -0.2) is 36.5 Å². The number of hydrogen-bond acceptors (Lipinski definition) is 5. The van der Waals surface area contributed by atoms with Crippen molar-refractivity contribution in [1.29, 1.82) is 0 Å². The van der Waals surface area contributed by atoms with E-state index in [0.717, 1.165) is 16.7 Å². The quantitative estimate of drug-likeness (QED) is 0.338. The maximum atomic E-state index is 13.3. The van der Waals surface area contributed by atoms with E-state index in [2.05, 4.69) is 10.6 Å². The third kappa shape index (κ3) is 9.03. The molecule has 0 heterocycles. The van der Waals surface area contributed by atoms with Gasteiger partial charge in [0.05, 0.1) is 6.04 Å². The smallest absolute Gasteiger partial charge is 0.408 e. The summed E-state index contributed by atoms with van der Waals surface area (Å²) < 4.78 is 24.3. The summed E-state index contributed by atoms with van der Waals surface area (Å²) in [5.41, 5.74) is 2.56. The fourth-order valence-corrected chi connectivity index (χ4v) is 3.73. The van der Waals surface area contributed by atoms with Crippen molar-refractivity contribution in [1.82, 2.24) is 10.6 Å². The summed E-state index contributed by atoms with van der Waals surface area (Å²) in [6, 6.07) is 23.9. The average Bonchev–Trinajstić information content (AvgIpc) is 2.94. The molecule has 0 spiro atoms. The zero-order valence-corrected chi connectivity index (χ0v) is 21.6.